The molecule has 7 heteroatoms. The molecule has 116 valence electrons. The van der Waals surface area contributed by atoms with Crippen molar-refractivity contribution in [3.05, 3.63) is 58.2 Å². The van der Waals surface area contributed by atoms with Crippen LogP contribution in [0.2, 0.25) is 0 Å². The second-order valence-corrected chi connectivity index (χ2v) is 5.39. The maximum atomic E-state index is 12.0. The molecule has 0 saturated heterocycles. The zero-order valence-electron chi connectivity index (χ0n) is 12.4. The topological polar surface area (TPSA) is 115 Å². The Morgan fingerprint density at radius 2 is 2.09 bits per heavy atom. The van der Waals surface area contributed by atoms with Crippen LogP contribution in [0.4, 0.5) is 16.2 Å². The summed E-state index contributed by atoms with van der Waals surface area (Å²) >= 11 is 0. The molecule has 0 spiro atoms. The van der Waals surface area contributed by atoms with Gasteiger partial charge in [-0.2, -0.15) is 0 Å². The standard InChI is InChI=1S/C15H18N4O3/c1-10-6-5-7-11(16)13(10)18(14(17)20)12-8-3-4-9-15(12,2)19(21)22/h3-9,12H,16H2,1-2H3,(H2,17,20). The van der Waals surface area contributed by atoms with Gasteiger partial charge < -0.3 is 11.5 Å². The molecule has 0 aliphatic heterocycles. The third-order valence-corrected chi connectivity index (χ3v) is 3.86. The summed E-state index contributed by atoms with van der Waals surface area (Å²) in [6.45, 7) is 3.22. The lowest BCUT2D eigenvalue weighted by molar-refractivity contribution is -0.551. The van der Waals surface area contributed by atoms with Gasteiger partial charge in [-0.1, -0.05) is 30.4 Å². The Hall–Kier alpha value is -2.83. The molecule has 0 radical (unpaired) electrons. The van der Waals surface area contributed by atoms with Crippen LogP contribution < -0.4 is 16.4 Å². The number of aryl methyl sites for hydroxylation is 1. The predicted octanol–water partition coefficient (Wildman–Crippen LogP) is 1.99. The van der Waals surface area contributed by atoms with Crippen LogP contribution in [0, 0.1) is 17.0 Å². The molecule has 0 heterocycles. The molecule has 4 N–H and O–H groups in total. The Balaban J connectivity index is 2.62. The number of nitro groups is 1. The first-order valence-corrected chi connectivity index (χ1v) is 6.73. The molecule has 22 heavy (non-hydrogen) atoms. The molecule has 0 bridgehead atoms. The SMILES string of the molecule is Cc1cccc(N)c1N(C(N)=O)C1C=CC=CC1(C)[N+](=O)[O-]. The van der Waals surface area contributed by atoms with Crippen molar-refractivity contribution < 1.29 is 9.72 Å². The number of nitrogens with zero attached hydrogens (tertiary/aromatic N) is 2. The fourth-order valence-electron chi connectivity index (χ4n) is 2.63. The van der Waals surface area contributed by atoms with Crippen LogP contribution >= 0.6 is 0 Å². The van der Waals surface area contributed by atoms with Gasteiger partial charge in [0.25, 0.3) is 5.54 Å². The summed E-state index contributed by atoms with van der Waals surface area (Å²) in [6.07, 6.45) is 6.27. The molecule has 2 atom stereocenters. The summed E-state index contributed by atoms with van der Waals surface area (Å²) in [4.78, 5) is 24.3. The molecule has 2 rings (SSSR count). The van der Waals surface area contributed by atoms with E-state index in [0.717, 1.165) is 0 Å². The number of urea groups is 1. The Kier molecular flexibility index (Phi) is 3.90. The zero-order valence-corrected chi connectivity index (χ0v) is 12.4. The van der Waals surface area contributed by atoms with Crippen LogP contribution in [0.15, 0.2) is 42.5 Å². The second kappa shape index (κ2) is 5.51. The third kappa shape index (κ3) is 2.41. The van der Waals surface area contributed by atoms with Crippen LogP contribution in [0.25, 0.3) is 0 Å². The molecule has 2 unspecified atom stereocenters. The fraction of sp³-hybridized carbons (Fsp3) is 0.267. The van der Waals surface area contributed by atoms with Crippen LogP contribution in [0.5, 0.6) is 0 Å². The highest BCUT2D eigenvalue weighted by Crippen LogP contribution is 2.35. The number of hydrogen-bond acceptors (Lipinski definition) is 4. The minimum atomic E-state index is -1.49. The predicted molar refractivity (Wildman–Crippen MR) is 85.1 cm³/mol. The van der Waals surface area contributed by atoms with Crippen molar-refractivity contribution in [3.8, 4) is 0 Å². The number of allylic oxidation sites excluding steroid dienone is 2. The van der Waals surface area contributed by atoms with Crippen molar-refractivity contribution in [1.29, 1.82) is 0 Å². The minimum Gasteiger partial charge on any atom is -0.397 e. The maximum absolute atomic E-state index is 12.0. The summed E-state index contributed by atoms with van der Waals surface area (Å²) in [6, 6.07) is 3.49. The Morgan fingerprint density at radius 3 is 2.64 bits per heavy atom. The molecule has 0 fully saturated rings. The number of rotatable bonds is 3. The number of para-hydroxylation sites is 1. The Morgan fingerprint density at radius 1 is 1.41 bits per heavy atom. The van der Waals surface area contributed by atoms with Gasteiger partial charge in [0.15, 0.2) is 0 Å². The quantitative estimate of drug-likeness (QED) is 0.504. The lowest BCUT2D eigenvalue weighted by Gasteiger charge is -2.36. The van der Waals surface area contributed by atoms with Crippen molar-refractivity contribution in [3.63, 3.8) is 0 Å². The average Bonchev–Trinajstić information content (AvgIpc) is 2.43. The third-order valence-electron chi connectivity index (χ3n) is 3.86. The van der Waals surface area contributed by atoms with Gasteiger partial charge in [0.1, 0.15) is 6.04 Å². The van der Waals surface area contributed by atoms with Crippen LogP contribution in [0.1, 0.15) is 12.5 Å². The van der Waals surface area contributed by atoms with Crippen LogP contribution in [-0.4, -0.2) is 22.5 Å². The van der Waals surface area contributed by atoms with E-state index in [-0.39, 0.29) is 0 Å². The van der Waals surface area contributed by atoms with Crippen molar-refractivity contribution in [1.82, 2.24) is 0 Å². The fourth-order valence-corrected chi connectivity index (χ4v) is 2.63. The van der Waals surface area contributed by atoms with Crippen molar-refractivity contribution in [2.45, 2.75) is 25.4 Å². The number of nitrogens with two attached hydrogens (primary N) is 2. The number of benzene rings is 1. The number of carbonyl (C=O) groups is 1. The average molecular weight is 302 g/mol. The summed E-state index contributed by atoms with van der Waals surface area (Å²) in [5.41, 5.74) is 11.4. The number of hydrogen-bond donors (Lipinski definition) is 2. The smallest absolute Gasteiger partial charge is 0.320 e. The van der Waals surface area contributed by atoms with Crippen molar-refractivity contribution >= 4 is 17.4 Å². The lowest BCUT2D eigenvalue weighted by atomic mass is 9.87. The zero-order chi connectivity index (χ0) is 16.5. The van der Waals surface area contributed by atoms with E-state index in [2.05, 4.69) is 0 Å². The molecule has 0 saturated carbocycles. The van der Waals surface area contributed by atoms with E-state index in [1.165, 1.54) is 17.9 Å². The number of amides is 2. The van der Waals surface area contributed by atoms with Gasteiger partial charge in [0.2, 0.25) is 0 Å². The lowest BCUT2D eigenvalue weighted by Crippen LogP contribution is -2.58. The van der Waals surface area contributed by atoms with E-state index in [1.54, 1.807) is 43.4 Å². The largest absolute Gasteiger partial charge is 0.397 e. The van der Waals surface area contributed by atoms with E-state index in [1.807, 2.05) is 0 Å². The van der Waals surface area contributed by atoms with Gasteiger partial charge in [-0.25, -0.2) is 4.79 Å². The summed E-state index contributed by atoms with van der Waals surface area (Å²) in [7, 11) is 0. The minimum absolute atomic E-state index is 0.340. The van der Waals surface area contributed by atoms with E-state index in [4.69, 9.17) is 11.5 Å². The summed E-state index contributed by atoms with van der Waals surface area (Å²) < 4.78 is 0. The number of carbonyl (C=O) groups excluding carboxylic acids is 1. The van der Waals surface area contributed by atoms with Crippen molar-refractivity contribution in [2.75, 3.05) is 10.6 Å². The molecule has 1 aliphatic rings. The van der Waals surface area contributed by atoms with Gasteiger partial charge in [0, 0.05) is 11.8 Å². The normalized spacial score (nSPS) is 23.3. The highest BCUT2D eigenvalue weighted by molar-refractivity contribution is 5.96. The monoisotopic (exact) mass is 302 g/mol. The molecule has 0 aromatic heterocycles. The molecule has 1 aromatic carbocycles. The molecular weight excluding hydrogens is 284 g/mol. The maximum Gasteiger partial charge on any atom is 0.320 e. The van der Waals surface area contributed by atoms with E-state index >= 15 is 0 Å². The first kappa shape index (κ1) is 15.6. The van der Waals surface area contributed by atoms with E-state index < -0.39 is 22.5 Å². The Labute approximate surface area is 128 Å². The number of primary amides is 1. The van der Waals surface area contributed by atoms with Gasteiger partial charge >= 0.3 is 6.03 Å². The highest BCUT2D eigenvalue weighted by atomic mass is 16.6. The van der Waals surface area contributed by atoms with Crippen LogP contribution in [0.3, 0.4) is 0 Å². The van der Waals surface area contributed by atoms with E-state index in [9.17, 15) is 14.9 Å². The molecule has 1 aromatic rings. The first-order chi connectivity index (χ1) is 10.3. The molecule has 1 aliphatic carbocycles. The van der Waals surface area contributed by atoms with Gasteiger partial charge in [0.05, 0.1) is 11.4 Å². The molecule has 7 nitrogen and oxygen atoms in total. The van der Waals surface area contributed by atoms with Gasteiger partial charge in [-0.05, 0) is 24.6 Å². The number of nitrogen functional groups attached to an aromatic ring is 1. The highest BCUT2D eigenvalue weighted by Gasteiger charge is 2.48. The molecular formula is C15H18N4O3. The van der Waals surface area contributed by atoms with E-state index in [0.29, 0.717) is 16.9 Å². The first-order valence-electron chi connectivity index (χ1n) is 6.73. The number of anilines is 2. The Bertz CT molecular complexity index is 663. The van der Waals surface area contributed by atoms with Crippen molar-refractivity contribution in [2.24, 2.45) is 5.73 Å². The summed E-state index contributed by atoms with van der Waals surface area (Å²) in [5.74, 6) is 0. The van der Waals surface area contributed by atoms with Gasteiger partial charge in [-0.3, -0.25) is 15.0 Å². The van der Waals surface area contributed by atoms with Gasteiger partial charge in [-0.15, -0.1) is 0 Å². The molecule has 2 amide bonds. The summed E-state index contributed by atoms with van der Waals surface area (Å²) in [5, 5.41) is 11.5. The second-order valence-electron chi connectivity index (χ2n) is 5.39. The van der Waals surface area contributed by atoms with Crippen LogP contribution in [-0.2, 0) is 0 Å².